The number of halogens is 3. The Kier molecular flexibility index (Phi) is 7.05. The van der Waals surface area contributed by atoms with Crippen molar-refractivity contribution < 1.29 is 13.2 Å². The second kappa shape index (κ2) is 9.34. The van der Waals surface area contributed by atoms with Crippen molar-refractivity contribution in [1.82, 2.24) is 20.4 Å². The van der Waals surface area contributed by atoms with Crippen molar-refractivity contribution in [3.05, 3.63) is 35.4 Å². The largest absolute Gasteiger partial charge is 0.416 e. The van der Waals surface area contributed by atoms with E-state index < -0.39 is 11.7 Å². The summed E-state index contributed by atoms with van der Waals surface area (Å²) in [7, 11) is 6.03. The maximum absolute atomic E-state index is 12.7. The van der Waals surface area contributed by atoms with Crippen LogP contribution in [0.2, 0.25) is 0 Å². The first-order valence-corrected chi connectivity index (χ1v) is 10.3. The highest BCUT2D eigenvalue weighted by molar-refractivity contribution is 5.80. The van der Waals surface area contributed by atoms with Crippen LogP contribution in [0, 0.1) is 5.92 Å². The van der Waals surface area contributed by atoms with Gasteiger partial charge in [0.05, 0.1) is 5.56 Å². The standard InChI is InChI=1S/C21H32F3N5/c1-25-20(26-12-19(28(2)3)16-6-7-16)27-18-10-11-29(14-18)13-15-4-8-17(9-5-15)21(22,23)24/h4-5,8-9,16,18-19H,6-7,10-14H2,1-3H3,(H2,25,26,27). The molecule has 2 fully saturated rings. The SMILES string of the molecule is CN=C(NCC(C1CC1)N(C)C)NC1CCN(Cc2ccc(C(F)(F)F)cc2)C1. The minimum atomic E-state index is -4.28. The second-order valence-corrected chi connectivity index (χ2v) is 8.38. The van der Waals surface area contributed by atoms with Crippen LogP contribution in [-0.2, 0) is 12.7 Å². The average Bonchev–Trinajstić information content (AvgIpc) is 3.40. The molecule has 5 nitrogen and oxygen atoms in total. The van der Waals surface area contributed by atoms with Crippen LogP contribution in [0.4, 0.5) is 13.2 Å². The first-order chi connectivity index (χ1) is 13.8. The number of nitrogens with one attached hydrogen (secondary N) is 2. The Labute approximate surface area is 171 Å². The van der Waals surface area contributed by atoms with E-state index in [1.807, 2.05) is 0 Å². The summed E-state index contributed by atoms with van der Waals surface area (Å²) in [5.41, 5.74) is 0.304. The van der Waals surface area contributed by atoms with Crippen LogP contribution in [0.15, 0.2) is 29.3 Å². The molecule has 1 saturated carbocycles. The first-order valence-electron chi connectivity index (χ1n) is 10.3. The Balaban J connectivity index is 1.45. The van der Waals surface area contributed by atoms with Gasteiger partial charge < -0.3 is 15.5 Å². The fourth-order valence-corrected chi connectivity index (χ4v) is 3.99. The van der Waals surface area contributed by atoms with Crippen LogP contribution in [-0.4, -0.2) is 68.6 Å². The van der Waals surface area contributed by atoms with E-state index in [-0.39, 0.29) is 6.04 Å². The molecule has 0 spiro atoms. The summed E-state index contributed by atoms with van der Waals surface area (Å²) in [5.74, 6) is 1.60. The number of nitrogens with zero attached hydrogens (tertiary/aromatic N) is 3. The third kappa shape index (κ3) is 6.34. The molecule has 8 heteroatoms. The molecule has 2 atom stereocenters. The predicted molar refractivity (Wildman–Crippen MR) is 110 cm³/mol. The number of aliphatic imine (C=N–C) groups is 1. The summed E-state index contributed by atoms with van der Waals surface area (Å²) in [6.07, 6.45) is -0.688. The van der Waals surface area contributed by atoms with Crippen molar-refractivity contribution in [3.63, 3.8) is 0 Å². The molecule has 3 rings (SSSR count). The molecule has 1 aliphatic heterocycles. The Morgan fingerprint density at radius 3 is 2.45 bits per heavy atom. The van der Waals surface area contributed by atoms with E-state index in [9.17, 15) is 13.2 Å². The van der Waals surface area contributed by atoms with Crippen LogP contribution in [0.25, 0.3) is 0 Å². The second-order valence-electron chi connectivity index (χ2n) is 8.38. The van der Waals surface area contributed by atoms with Crippen molar-refractivity contribution in [2.24, 2.45) is 10.9 Å². The molecule has 1 aromatic carbocycles. The van der Waals surface area contributed by atoms with Gasteiger partial charge in [0, 0.05) is 45.3 Å². The van der Waals surface area contributed by atoms with E-state index in [1.165, 1.54) is 12.8 Å². The Morgan fingerprint density at radius 1 is 1.21 bits per heavy atom. The molecule has 1 aromatic rings. The van der Waals surface area contributed by atoms with Crippen molar-refractivity contribution in [2.45, 2.75) is 44.1 Å². The first kappa shape index (κ1) is 21.9. The van der Waals surface area contributed by atoms with E-state index in [1.54, 1.807) is 19.2 Å². The van der Waals surface area contributed by atoms with Gasteiger partial charge >= 0.3 is 6.18 Å². The van der Waals surface area contributed by atoms with E-state index in [4.69, 9.17) is 0 Å². The summed E-state index contributed by atoms with van der Waals surface area (Å²) in [4.78, 5) is 8.90. The molecule has 1 saturated heterocycles. The summed E-state index contributed by atoms with van der Waals surface area (Å²) < 4.78 is 38.1. The highest BCUT2D eigenvalue weighted by Crippen LogP contribution is 2.34. The number of alkyl halides is 3. The van der Waals surface area contributed by atoms with E-state index >= 15 is 0 Å². The van der Waals surface area contributed by atoms with Crippen molar-refractivity contribution in [2.75, 3.05) is 40.8 Å². The van der Waals surface area contributed by atoms with Crippen molar-refractivity contribution in [1.29, 1.82) is 0 Å². The number of rotatable bonds is 7. The zero-order chi connectivity index (χ0) is 21.0. The fraction of sp³-hybridized carbons (Fsp3) is 0.667. The molecule has 0 amide bonds. The molecule has 0 bridgehead atoms. The number of benzene rings is 1. The maximum atomic E-state index is 12.7. The lowest BCUT2D eigenvalue weighted by atomic mass is 10.1. The number of hydrogen-bond donors (Lipinski definition) is 2. The molecular weight excluding hydrogens is 379 g/mol. The molecule has 162 valence electrons. The molecule has 29 heavy (non-hydrogen) atoms. The lowest BCUT2D eigenvalue weighted by Crippen LogP contribution is -2.49. The minimum absolute atomic E-state index is 0.286. The number of likely N-dealkylation sites (N-methyl/N-ethyl adjacent to an activating group) is 1. The lowest BCUT2D eigenvalue weighted by molar-refractivity contribution is -0.137. The normalized spacial score (nSPS) is 22.2. The smallest absolute Gasteiger partial charge is 0.355 e. The highest BCUT2D eigenvalue weighted by Gasteiger charge is 2.33. The monoisotopic (exact) mass is 411 g/mol. The van der Waals surface area contributed by atoms with Crippen LogP contribution >= 0.6 is 0 Å². The molecule has 0 radical (unpaired) electrons. The molecule has 1 heterocycles. The van der Waals surface area contributed by atoms with Crippen molar-refractivity contribution in [3.8, 4) is 0 Å². The van der Waals surface area contributed by atoms with Gasteiger partial charge in [0.25, 0.3) is 0 Å². The molecule has 2 unspecified atom stereocenters. The van der Waals surface area contributed by atoms with Crippen LogP contribution in [0.5, 0.6) is 0 Å². The van der Waals surface area contributed by atoms with Gasteiger partial charge in [0.2, 0.25) is 0 Å². The van der Waals surface area contributed by atoms with Gasteiger partial charge in [-0.25, -0.2) is 0 Å². The van der Waals surface area contributed by atoms with E-state index in [2.05, 4.69) is 39.5 Å². The van der Waals surface area contributed by atoms with Gasteiger partial charge in [-0.1, -0.05) is 12.1 Å². The van der Waals surface area contributed by atoms with Gasteiger partial charge in [0.1, 0.15) is 0 Å². The maximum Gasteiger partial charge on any atom is 0.416 e. The van der Waals surface area contributed by atoms with Crippen LogP contribution in [0.1, 0.15) is 30.4 Å². The molecular formula is C21H32F3N5. The molecule has 0 aromatic heterocycles. The van der Waals surface area contributed by atoms with Gasteiger partial charge in [-0.3, -0.25) is 9.89 Å². The third-order valence-electron chi connectivity index (χ3n) is 5.83. The summed E-state index contributed by atoms with van der Waals surface area (Å²) >= 11 is 0. The fourth-order valence-electron chi connectivity index (χ4n) is 3.99. The van der Waals surface area contributed by atoms with Crippen LogP contribution in [0.3, 0.4) is 0 Å². The molecule has 1 aliphatic carbocycles. The third-order valence-corrected chi connectivity index (χ3v) is 5.83. The average molecular weight is 412 g/mol. The zero-order valence-electron chi connectivity index (χ0n) is 17.5. The lowest BCUT2D eigenvalue weighted by Gasteiger charge is -2.26. The highest BCUT2D eigenvalue weighted by atomic mass is 19.4. The Hall–Kier alpha value is -1.80. The predicted octanol–water partition coefficient (Wildman–Crippen LogP) is 2.78. The van der Waals surface area contributed by atoms with Gasteiger partial charge in [-0.2, -0.15) is 13.2 Å². The Bertz CT molecular complexity index is 681. The van der Waals surface area contributed by atoms with Gasteiger partial charge in [0.15, 0.2) is 5.96 Å². The number of guanidine groups is 1. The van der Waals surface area contributed by atoms with Crippen LogP contribution < -0.4 is 10.6 Å². The number of likely N-dealkylation sites (tertiary alicyclic amines) is 1. The summed E-state index contributed by atoms with van der Waals surface area (Å²) in [5, 5.41) is 6.95. The summed E-state index contributed by atoms with van der Waals surface area (Å²) in [6.45, 7) is 3.30. The van der Waals surface area contributed by atoms with E-state index in [0.717, 1.165) is 55.6 Å². The van der Waals surface area contributed by atoms with Gasteiger partial charge in [-0.15, -0.1) is 0 Å². The minimum Gasteiger partial charge on any atom is -0.355 e. The topological polar surface area (TPSA) is 42.9 Å². The van der Waals surface area contributed by atoms with E-state index in [0.29, 0.717) is 12.6 Å². The summed E-state index contributed by atoms with van der Waals surface area (Å²) in [6, 6.07) is 6.27. The quantitative estimate of drug-likeness (QED) is 0.535. The van der Waals surface area contributed by atoms with Gasteiger partial charge in [-0.05, 0) is 57.0 Å². The number of hydrogen-bond acceptors (Lipinski definition) is 3. The van der Waals surface area contributed by atoms with Crippen molar-refractivity contribution >= 4 is 5.96 Å². The molecule has 2 N–H and O–H groups in total. The molecule has 2 aliphatic rings. The Morgan fingerprint density at radius 2 is 1.90 bits per heavy atom. The zero-order valence-corrected chi connectivity index (χ0v) is 17.5.